The molecule has 0 bridgehead atoms. The van der Waals surface area contributed by atoms with Gasteiger partial charge in [-0.05, 0) is 13.3 Å². The van der Waals surface area contributed by atoms with Crippen LogP contribution in [0.2, 0.25) is 0 Å². The van der Waals surface area contributed by atoms with E-state index in [1.807, 2.05) is 6.92 Å². The average Bonchev–Trinajstić information content (AvgIpc) is 1.64. The Morgan fingerprint density at radius 2 is 2.22 bits per heavy atom. The van der Waals surface area contributed by atoms with E-state index in [-0.39, 0.29) is 11.4 Å². The first kappa shape index (κ1) is 9.06. The zero-order valence-electron chi connectivity index (χ0n) is 5.79. The van der Waals surface area contributed by atoms with E-state index in [2.05, 4.69) is 9.24 Å². The monoisotopic (exact) mass is 148 g/mol. The van der Waals surface area contributed by atoms with Gasteiger partial charge in [-0.1, -0.05) is 16.2 Å². The normalized spacial score (nSPS) is 16.9. The summed E-state index contributed by atoms with van der Waals surface area (Å²) < 4.78 is 0. The van der Waals surface area contributed by atoms with Crippen molar-refractivity contribution < 1.29 is 9.90 Å². The minimum Gasteiger partial charge on any atom is -0.393 e. The molecule has 54 valence electrons. The molecule has 0 aromatic rings. The van der Waals surface area contributed by atoms with Gasteiger partial charge in [-0.2, -0.15) is 0 Å². The zero-order valence-corrected chi connectivity index (χ0v) is 6.95. The summed E-state index contributed by atoms with van der Waals surface area (Å²) in [6.45, 7) is 3.52. The molecule has 3 heteroatoms. The Labute approximate surface area is 57.8 Å². The third kappa shape index (κ3) is 2.92. The van der Waals surface area contributed by atoms with Crippen LogP contribution in [-0.2, 0) is 4.79 Å². The predicted molar refractivity (Wildman–Crippen MR) is 40.2 cm³/mol. The highest BCUT2D eigenvalue weighted by atomic mass is 31.0. The molecule has 0 fully saturated rings. The Kier molecular flexibility index (Phi) is 4.00. The van der Waals surface area contributed by atoms with Gasteiger partial charge in [0.25, 0.3) is 0 Å². The molecule has 0 aliphatic heterocycles. The number of aliphatic hydroxyl groups excluding tert-OH is 1. The summed E-state index contributed by atoms with van der Waals surface area (Å²) in [5.41, 5.74) is -0.00694. The molecule has 0 radical (unpaired) electrons. The molecule has 0 aliphatic carbocycles. The van der Waals surface area contributed by atoms with E-state index in [0.717, 1.165) is 0 Å². The molecule has 0 aromatic carbocycles. The summed E-state index contributed by atoms with van der Waals surface area (Å²) in [4.78, 5) is 10.6. The first-order chi connectivity index (χ1) is 4.09. The lowest BCUT2D eigenvalue weighted by molar-refractivity contribution is -0.117. The minimum atomic E-state index is -0.514. The van der Waals surface area contributed by atoms with Crippen molar-refractivity contribution in [2.45, 2.75) is 26.4 Å². The number of rotatable bonds is 3. The largest absolute Gasteiger partial charge is 0.393 e. The summed E-state index contributed by atoms with van der Waals surface area (Å²) in [6, 6.07) is 0. The zero-order chi connectivity index (χ0) is 7.44. The van der Waals surface area contributed by atoms with E-state index in [4.69, 9.17) is 5.11 Å². The summed E-state index contributed by atoms with van der Waals surface area (Å²) in [5.74, 6) is -0.199. The smallest absolute Gasteiger partial charge is 0.153 e. The van der Waals surface area contributed by atoms with E-state index in [1.54, 1.807) is 6.92 Å². The fourth-order valence-corrected chi connectivity index (χ4v) is 1.29. The first-order valence-corrected chi connectivity index (χ1v) is 3.64. The van der Waals surface area contributed by atoms with Crippen molar-refractivity contribution in [3.63, 3.8) is 0 Å². The van der Waals surface area contributed by atoms with Gasteiger partial charge in [0.2, 0.25) is 0 Å². The van der Waals surface area contributed by atoms with E-state index >= 15 is 0 Å². The number of hydrogen-bond donors (Lipinski definition) is 1. The van der Waals surface area contributed by atoms with Gasteiger partial charge in [0, 0.05) is 5.92 Å². The van der Waals surface area contributed by atoms with Gasteiger partial charge >= 0.3 is 0 Å². The molecule has 1 unspecified atom stereocenters. The van der Waals surface area contributed by atoms with Crippen molar-refractivity contribution in [3.05, 3.63) is 0 Å². The van der Waals surface area contributed by atoms with Crippen LogP contribution in [0.5, 0.6) is 0 Å². The number of aliphatic hydroxyl groups is 1. The average molecular weight is 148 g/mol. The molecule has 0 heterocycles. The SMILES string of the molecule is CC[C@H](C(=O)P)[C@H](C)O. The molecular weight excluding hydrogens is 135 g/mol. The van der Waals surface area contributed by atoms with Crippen molar-refractivity contribution in [2.24, 2.45) is 5.92 Å². The van der Waals surface area contributed by atoms with Gasteiger partial charge in [-0.25, -0.2) is 0 Å². The minimum absolute atomic E-state index is 0.00694. The molecule has 0 saturated carbocycles. The fourth-order valence-electron chi connectivity index (χ4n) is 0.780. The van der Waals surface area contributed by atoms with E-state index in [9.17, 15) is 4.79 Å². The quantitative estimate of drug-likeness (QED) is 0.601. The molecule has 3 atom stereocenters. The van der Waals surface area contributed by atoms with Gasteiger partial charge in [0.05, 0.1) is 6.10 Å². The summed E-state index contributed by atoms with van der Waals surface area (Å²) in [6.07, 6.45) is 0.194. The highest BCUT2D eigenvalue weighted by Gasteiger charge is 2.16. The van der Waals surface area contributed by atoms with Crippen LogP contribution in [0.15, 0.2) is 0 Å². The number of hydrogen-bond acceptors (Lipinski definition) is 2. The van der Waals surface area contributed by atoms with Crippen molar-refractivity contribution >= 4 is 14.8 Å². The topological polar surface area (TPSA) is 37.3 Å². The predicted octanol–water partition coefficient (Wildman–Crippen LogP) is 0.795. The fraction of sp³-hybridized carbons (Fsp3) is 0.833. The van der Waals surface area contributed by atoms with Crippen molar-refractivity contribution in [3.8, 4) is 0 Å². The summed E-state index contributed by atoms with van der Waals surface area (Å²) >= 11 is 0. The third-order valence-corrected chi connectivity index (χ3v) is 1.82. The highest BCUT2D eigenvalue weighted by Crippen LogP contribution is 2.12. The lowest BCUT2D eigenvalue weighted by Gasteiger charge is -2.12. The maximum Gasteiger partial charge on any atom is 0.153 e. The van der Waals surface area contributed by atoms with Crippen LogP contribution < -0.4 is 0 Å². The Balaban J connectivity index is 3.83. The number of carbonyl (C=O) groups is 1. The third-order valence-electron chi connectivity index (χ3n) is 1.39. The van der Waals surface area contributed by atoms with E-state index in [0.29, 0.717) is 6.42 Å². The van der Waals surface area contributed by atoms with Crippen LogP contribution in [0.1, 0.15) is 20.3 Å². The highest BCUT2D eigenvalue weighted by molar-refractivity contribution is 7.40. The Morgan fingerprint density at radius 3 is 2.22 bits per heavy atom. The Hall–Kier alpha value is 0.0600. The van der Waals surface area contributed by atoms with Crippen LogP contribution in [0.4, 0.5) is 0 Å². The van der Waals surface area contributed by atoms with E-state index < -0.39 is 6.10 Å². The van der Waals surface area contributed by atoms with Crippen LogP contribution in [-0.4, -0.2) is 16.7 Å². The van der Waals surface area contributed by atoms with Gasteiger partial charge in [0.1, 0.15) is 0 Å². The second-order valence-corrected chi connectivity index (χ2v) is 2.73. The van der Waals surface area contributed by atoms with Crippen molar-refractivity contribution in [1.82, 2.24) is 0 Å². The lowest BCUT2D eigenvalue weighted by Crippen LogP contribution is -2.20. The molecule has 0 aromatic heterocycles. The molecule has 0 amide bonds. The summed E-state index contributed by atoms with van der Waals surface area (Å²) in [7, 11) is 2.09. The summed E-state index contributed by atoms with van der Waals surface area (Å²) in [5, 5.41) is 8.95. The number of carbonyl (C=O) groups excluding carboxylic acids is 1. The molecule has 1 N–H and O–H groups in total. The first-order valence-electron chi connectivity index (χ1n) is 3.07. The second kappa shape index (κ2) is 3.97. The van der Waals surface area contributed by atoms with Crippen LogP contribution in [0.25, 0.3) is 0 Å². The van der Waals surface area contributed by atoms with Crippen molar-refractivity contribution in [2.75, 3.05) is 0 Å². The Morgan fingerprint density at radius 1 is 1.78 bits per heavy atom. The van der Waals surface area contributed by atoms with Crippen LogP contribution in [0.3, 0.4) is 0 Å². The van der Waals surface area contributed by atoms with Crippen LogP contribution in [0, 0.1) is 5.92 Å². The molecule has 0 rings (SSSR count). The molecule has 0 saturated heterocycles. The van der Waals surface area contributed by atoms with Gasteiger partial charge in [-0.15, -0.1) is 0 Å². The van der Waals surface area contributed by atoms with Gasteiger partial charge < -0.3 is 5.11 Å². The van der Waals surface area contributed by atoms with E-state index in [1.165, 1.54) is 0 Å². The lowest BCUT2D eigenvalue weighted by atomic mass is 10.0. The molecule has 0 spiro atoms. The Bertz CT molecular complexity index is 101. The standard InChI is InChI=1S/C6H13O2P/c1-3-5(4(2)7)6(8)9/h4-5,7H,3,9H2,1-2H3/t4-,5-/m0/s1. The van der Waals surface area contributed by atoms with Gasteiger partial charge in [-0.3, -0.25) is 4.79 Å². The maximum atomic E-state index is 10.6. The van der Waals surface area contributed by atoms with Crippen LogP contribution >= 0.6 is 9.24 Å². The molecule has 0 aliphatic rings. The van der Waals surface area contributed by atoms with Gasteiger partial charge in [0.15, 0.2) is 5.52 Å². The molecule has 9 heavy (non-hydrogen) atoms. The molecule has 2 nitrogen and oxygen atoms in total. The molecular formula is C6H13O2P. The second-order valence-electron chi connectivity index (χ2n) is 2.16. The maximum absolute atomic E-state index is 10.6. The van der Waals surface area contributed by atoms with Crippen molar-refractivity contribution in [1.29, 1.82) is 0 Å².